The minimum Gasteiger partial charge on any atom is -0.417 e. The molecule has 1 atom stereocenters. The molecule has 136 valence electrons. The topological polar surface area (TPSA) is 88.4 Å². The summed E-state index contributed by atoms with van der Waals surface area (Å²) in [5.74, 6) is -1.84. The van der Waals surface area contributed by atoms with Gasteiger partial charge in [-0.1, -0.05) is 18.2 Å². The van der Waals surface area contributed by atoms with Crippen LogP contribution in [0, 0.1) is 5.82 Å². The second-order valence-electron chi connectivity index (χ2n) is 6.30. The van der Waals surface area contributed by atoms with Gasteiger partial charge in [0, 0.05) is 12.2 Å². The second-order valence-corrected chi connectivity index (χ2v) is 6.30. The van der Waals surface area contributed by atoms with E-state index in [1.165, 1.54) is 24.3 Å². The molecule has 0 radical (unpaired) electrons. The summed E-state index contributed by atoms with van der Waals surface area (Å²) in [6, 6.07) is 12.4. The largest absolute Gasteiger partial charge is 0.417 e. The summed E-state index contributed by atoms with van der Waals surface area (Å²) >= 11 is 0. The van der Waals surface area contributed by atoms with Crippen molar-refractivity contribution in [1.29, 1.82) is 0 Å². The van der Waals surface area contributed by atoms with Crippen LogP contribution in [-0.2, 0) is 4.79 Å². The highest BCUT2D eigenvalue weighted by atomic mass is 19.1. The molecule has 1 aliphatic rings. The molecule has 2 heterocycles. The van der Waals surface area contributed by atoms with E-state index in [9.17, 15) is 18.8 Å². The van der Waals surface area contributed by atoms with Crippen molar-refractivity contribution in [2.75, 3.05) is 11.9 Å². The maximum absolute atomic E-state index is 13.4. The first kappa shape index (κ1) is 17.0. The molecule has 4 rings (SSSR count). The minimum atomic E-state index is -0.585. The van der Waals surface area contributed by atoms with Crippen LogP contribution in [-0.4, -0.2) is 18.4 Å². The first-order valence-corrected chi connectivity index (χ1v) is 8.44. The van der Waals surface area contributed by atoms with Gasteiger partial charge in [0.1, 0.15) is 5.82 Å². The quantitative estimate of drug-likeness (QED) is 0.743. The molecule has 0 fully saturated rings. The van der Waals surface area contributed by atoms with E-state index in [1.54, 1.807) is 24.3 Å². The number of carbonyl (C=O) groups excluding carboxylic acids is 2. The monoisotopic (exact) mass is 366 g/mol. The van der Waals surface area contributed by atoms with Crippen LogP contribution < -0.4 is 16.3 Å². The number of carbonyl (C=O) groups is 2. The SMILES string of the molecule is O=C(NCC[C@@H]1C(=O)Nc2ccc(F)cc21)c1cc2ccccc2c(=O)o1. The number of hydrogen-bond acceptors (Lipinski definition) is 4. The van der Waals surface area contributed by atoms with Crippen molar-refractivity contribution in [2.45, 2.75) is 12.3 Å². The van der Waals surface area contributed by atoms with Crippen molar-refractivity contribution >= 4 is 28.3 Å². The van der Waals surface area contributed by atoms with E-state index in [4.69, 9.17) is 4.42 Å². The third-order valence-corrected chi connectivity index (χ3v) is 4.58. The van der Waals surface area contributed by atoms with Crippen LogP contribution in [0.3, 0.4) is 0 Å². The van der Waals surface area contributed by atoms with Crippen LogP contribution in [0.4, 0.5) is 10.1 Å². The molecule has 0 spiro atoms. The molecular formula is C20H15FN2O4. The van der Waals surface area contributed by atoms with Gasteiger partial charge in [-0.2, -0.15) is 0 Å². The number of anilines is 1. The summed E-state index contributed by atoms with van der Waals surface area (Å²) in [5.41, 5.74) is 0.572. The molecule has 2 amide bonds. The van der Waals surface area contributed by atoms with Gasteiger partial charge < -0.3 is 15.1 Å². The Labute approximate surface area is 153 Å². The smallest absolute Gasteiger partial charge is 0.344 e. The fraction of sp³-hybridized carbons (Fsp3) is 0.150. The lowest BCUT2D eigenvalue weighted by Crippen LogP contribution is -2.27. The lowest BCUT2D eigenvalue weighted by atomic mass is 9.97. The molecule has 2 N–H and O–H groups in total. The Morgan fingerprint density at radius 3 is 2.81 bits per heavy atom. The highest BCUT2D eigenvalue weighted by Crippen LogP contribution is 2.34. The van der Waals surface area contributed by atoms with Crippen LogP contribution in [0.2, 0.25) is 0 Å². The second kappa shape index (κ2) is 6.68. The van der Waals surface area contributed by atoms with Crippen molar-refractivity contribution in [3.05, 3.63) is 76.1 Å². The molecule has 0 unspecified atom stereocenters. The normalized spacial score (nSPS) is 15.4. The van der Waals surface area contributed by atoms with Gasteiger partial charge >= 0.3 is 5.63 Å². The molecule has 1 aliphatic heterocycles. The summed E-state index contributed by atoms with van der Waals surface area (Å²) in [7, 11) is 0. The highest BCUT2D eigenvalue weighted by Gasteiger charge is 2.30. The number of amides is 2. The van der Waals surface area contributed by atoms with Gasteiger partial charge in [0.25, 0.3) is 5.91 Å². The minimum absolute atomic E-state index is 0.0963. The first-order valence-electron chi connectivity index (χ1n) is 8.44. The number of nitrogens with one attached hydrogen (secondary N) is 2. The summed E-state index contributed by atoms with van der Waals surface area (Å²) < 4.78 is 18.5. The van der Waals surface area contributed by atoms with Crippen LogP contribution in [0.25, 0.3) is 10.8 Å². The van der Waals surface area contributed by atoms with Gasteiger partial charge in [0.15, 0.2) is 5.76 Å². The van der Waals surface area contributed by atoms with Gasteiger partial charge in [0.05, 0.1) is 11.3 Å². The molecule has 7 heteroatoms. The van der Waals surface area contributed by atoms with Crippen LogP contribution >= 0.6 is 0 Å². The maximum atomic E-state index is 13.4. The van der Waals surface area contributed by atoms with Crippen molar-refractivity contribution in [3.63, 3.8) is 0 Å². The van der Waals surface area contributed by atoms with Crippen LogP contribution in [0.5, 0.6) is 0 Å². The summed E-state index contributed by atoms with van der Waals surface area (Å²) in [4.78, 5) is 36.3. The lowest BCUT2D eigenvalue weighted by molar-refractivity contribution is -0.117. The van der Waals surface area contributed by atoms with Crippen molar-refractivity contribution in [2.24, 2.45) is 0 Å². The Hall–Kier alpha value is -3.48. The van der Waals surface area contributed by atoms with Crippen LogP contribution in [0.15, 0.2) is 57.7 Å². The van der Waals surface area contributed by atoms with E-state index in [1.807, 2.05) is 0 Å². The predicted molar refractivity (Wildman–Crippen MR) is 97.2 cm³/mol. The molecule has 0 aliphatic carbocycles. The number of halogens is 1. The molecule has 3 aromatic rings. The third-order valence-electron chi connectivity index (χ3n) is 4.58. The van der Waals surface area contributed by atoms with E-state index in [0.717, 1.165) is 0 Å². The molecule has 1 aromatic heterocycles. The fourth-order valence-corrected chi connectivity index (χ4v) is 3.25. The fourth-order valence-electron chi connectivity index (χ4n) is 3.25. The number of benzene rings is 2. The number of hydrogen-bond donors (Lipinski definition) is 2. The zero-order chi connectivity index (χ0) is 19.0. The average molecular weight is 366 g/mol. The Morgan fingerprint density at radius 1 is 1.15 bits per heavy atom. The summed E-state index contributed by atoms with van der Waals surface area (Å²) in [6.45, 7) is 0.170. The van der Waals surface area contributed by atoms with E-state index < -0.39 is 23.3 Å². The Morgan fingerprint density at radius 2 is 1.96 bits per heavy atom. The number of fused-ring (bicyclic) bond motifs is 2. The average Bonchev–Trinajstić information content (AvgIpc) is 2.96. The molecule has 2 aromatic carbocycles. The highest BCUT2D eigenvalue weighted by molar-refractivity contribution is 6.03. The Bertz CT molecular complexity index is 1120. The molecule has 27 heavy (non-hydrogen) atoms. The zero-order valence-corrected chi connectivity index (χ0v) is 14.1. The van der Waals surface area contributed by atoms with E-state index in [-0.39, 0.29) is 18.2 Å². The standard InChI is InChI=1S/C20H15FN2O4/c21-12-5-6-16-15(10-12)14(18(24)23-16)7-8-22-19(25)17-9-11-3-1-2-4-13(11)20(26)27-17/h1-6,9-10,14H,7-8H2,(H,22,25)(H,23,24)/t14-/m0/s1. The number of rotatable bonds is 4. The summed E-state index contributed by atoms with van der Waals surface area (Å²) in [6.07, 6.45) is 0.297. The van der Waals surface area contributed by atoms with Crippen molar-refractivity contribution < 1.29 is 18.4 Å². The zero-order valence-electron chi connectivity index (χ0n) is 14.1. The Balaban J connectivity index is 1.46. The van der Waals surface area contributed by atoms with E-state index in [0.29, 0.717) is 28.4 Å². The van der Waals surface area contributed by atoms with Gasteiger partial charge in [-0.3, -0.25) is 9.59 Å². The van der Waals surface area contributed by atoms with E-state index in [2.05, 4.69) is 10.6 Å². The Kier molecular flexibility index (Phi) is 4.19. The predicted octanol–water partition coefficient (Wildman–Crippen LogP) is 2.79. The van der Waals surface area contributed by atoms with Gasteiger partial charge in [-0.15, -0.1) is 0 Å². The molecule has 0 saturated carbocycles. The maximum Gasteiger partial charge on any atom is 0.344 e. The van der Waals surface area contributed by atoms with E-state index >= 15 is 0 Å². The lowest BCUT2D eigenvalue weighted by Gasteiger charge is -2.10. The first-order chi connectivity index (χ1) is 13.0. The third kappa shape index (κ3) is 3.19. The molecule has 6 nitrogen and oxygen atoms in total. The van der Waals surface area contributed by atoms with Gasteiger partial charge in [0.2, 0.25) is 5.91 Å². The van der Waals surface area contributed by atoms with Crippen LogP contribution in [0.1, 0.15) is 28.5 Å². The molecule has 0 bridgehead atoms. The summed E-state index contributed by atoms with van der Waals surface area (Å²) in [5, 5.41) is 6.34. The van der Waals surface area contributed by atoms with Gasteiger partial charge in [-0.25, -0.2) is 9.18 Å². The van der Waals surface area contributed by atoms with Gasteiger partial charge in [-0.05, 0) is 47.7 Å². The van der Waals surface area contributed by atoms with Crippen molar-refractivity contribution in [1.82, 2.24) is 5.32 Å². The van der Waals surface area contributed by atoms with Crippen molar-refractivity contribution in [3.8, 4) is 0 Å². The molecular weight excluding hydrogens is 351 g/mol. The molecule has 0 saturated heterocycles.